The SMILES string of the molecule is Cc1cc(C)c(-c2nc3ccccc3nc2-c2[nH]c(C)cc2C)[nH]1. The number of H-pyrrole nitrogens is 2. The second-order valence-electron chi connectivity index (χ2n) is 6.43. The van der Waals surface area contributed by atoms with Crippen molar-refractivity contribution in [3.63, 3.8) is 0 Å². The van der Waals surface area contributed by atoms with Crippen LogP contribution in [0.25, 0.3) is 33.8 Å². The standard InChI is InChI=1S/C20H20N4/c1-11-9-13(3)21-17(11)19-20(18-12(2)10-14(4)22-18)24-16-8-6-5-7-15(16)23-19/h5-10,21-22H,1-4H3. The number of benzene rings is 1. The molecule has 0 aliphatic rings. The van der Waals surface area contributed by atoms with Crippen LogP contribution in [0.5, 0.6) is 0 Å². The highest BCUT2D eigenvalue weighted by molar-refractivity contribution is 5.86. The lowest BCUT2D eigenvalue weighted by atomic mass is 10.1. The van der Waals surface area contributed by atoms with Crippen LogP contribution < -0.4 is 0 Å². The fourth-order valence-electron chi connectivity index (χ4n) is 3.30. The molecule has 0 radical (unpaired) electrons. The molecule has 0 unspecified atom stereocenters. The van der Waals surface area contributed by atoms with Gasteiger partial charge in [0.05, 0.1) is 22.4 Å². The van der Waals surface area contributed by atoms with Gasteiger partial charge < -0.3 is 9.97 Å². The molecule has 24 heavy (non-hydrogen) atoms. The van der Waals surface area contributed by atoms with E-state index in [9.17, 15) is 0 Å². The third-order valence-electron chi connectivity index (χ3n) is 4.34. The van der Waals surface area contributed by atoms with Crippen molar-refractivity contribution in [2.75, 3.05) is 0 Å². The predicted molar refractivity (Wildman–Crippen MR) is 98.1 cm³/mol. The molecule has 4 nitrogen and oxygen atoms in total. The Bertz CT molecular complexity index is 968. The Balaban J connectivity index is 2.08. The van der Waals surface area contributed by atoms with Gasteiger partial charge in [0.2, 0.25) is 0 Å². The average molecular weight is 316 g/mol. The molecule has 0 bridgehead atoms. The quantitative estimate of drug-likeness (QED) is 0.555. The summed E-state index contributed by atoms with van der Waals surface area (Å²) >= 11 is 0. The molecule has 3 heterocycles. The molecule has 0 saturated carbocycles. The number of hydrogen-bond acceptors (Lipinski definition) is 2. The van der Waals surface area contributed by atoms with Crippen LogP contribution in [-0.2, 0) is 0 Å². The highest BCUT2D eigenvalue weighted by atomic mass is 14.9. The van der Waals surface area contributed by atoms with Crippen molar-refractivity contribution in [1.29, 1.82) is 0 Å². The van der Waals surface area contributed by atoms with Crippen LogP contribution in [0.1, 0.15) is 22.5 Å². The summed E-state index contributed by atoms with van der Waals surface area (Å²) in [7, 11) is 0. The first-order chi connectivity index (χ1) is 11.5. The van der Waals surface area contributed by atoms with E-state index < -0.39 is 0 Å². The van der Waals surface area contributed by atoms with Crippen LogP contribution in [0.2, 0.25) is 0 Å². The summed E-state index contributed by atoms with van der Waals surface area (Å²) in [5, 5.41) is 0. The Morgan fingerprint density at radius 1 is 0.667 bits per heavy atom. The first-order valence-electron chi connectivity index (χ1n) is 8.13. The van der Waals surface area contributed by atoms with E-state index in [0.717, 1.165) is 45.2 Å². The molecule has 1 aromatic carbocycles. The van der Waals surface area contributed by atoms with Crippen LogP contribution in [0.15, 0.2) is 36.4 Å². The van der Waals surface area contributed by atoms with Crippen LogP contribution in [0.3, 0.4) is 0 Å². The van der Waals surface area contributed by atoms with Crippen molar-refractivity contribution >= 4 is 11.0 Å². The number of aryl methyl sites for hydroxylation is 4. The maximum absolute atomic E-state index is 4.93. The molecular formula is C20H20N4. The summed E-state index contributed by atoms with van der Waals surface area (Å²) in [6.45, 7) is 8.34. The number of para-hydroxylation sites is 2. The summed E-state index contributed by atoms with van der Waals surface area (Å²) in [5.41, 5.74) is 10.3. The highest BCUT2D eigenvalue weighted by Crippen LogP contribution is 2.33. The van der Waals surface area contributed by atoms with Crippen LogP contribution in [0.4, 0.5) is 0 Å². The lowest BCUT2D eigenvalue weighted by molar-refractivity contribution is 1.19. The Kier molecular flexibility index (Phi) is 3.27. The topological polar surface area (TPSA) is 57.4 Å². The fourth-order valence-corrected chi connectivity index (χ4v) is 3.30. The normalized spacial score (nSPS) is 11.3. The molecule has 2 N–H and O–H groups in total. The van der Waals surface area contributed by atoms with E-state index in [1.165, 1.54) is 11.1 Å². The summed E-state index contributed by atoms with van der Waals surface area (Å²) in [6.07, 6.45) is 0. The molecule has 4 heteroatoms. The van der Waals surface area contributed by atoms with Gasteiger partial charge >= 0.3 is 0 Å². The van der Waals surface area contributed by atoms with Gasteiger partial charge in [-0.05, 0) is 63.1 Å². The molecule has 0 amide bonds. The lowest BCUT2D eigenvalue weighted by Crippen LogP contribution is -1.98. The largest absolute Gasteiger partial charge is 0.357 e. The third kappa shape index (κ3) is 2.31. The molecule has 0 saturated heterocycles. The summed E-state index contributed by atoms with van der Waals surface area (Å²) in [5.74, 6) is 0. The number of rotatable bonds is 2. The number of fused-ring (bicyclic) bond motifs is 1. The van der Waals surface area contributed by atoms with Gasteiger partial charge in [-0.25, -0.2) is 9.97 Å². The Morgan fingerprint density at radius 2 is 1.08 bits per heavy atom. The first-order valence-corrected chi connectivity index (χ1v) is 8.13. The second kappa shape index (κ2) is 5.34. The van der Waals surface area contributed by atoms with E-state index >= 15 is 0 Å². The van der Waals surface area contributed by atoms with Gasteiger partial charge in [-0.2, -0.15) is 0 Å². The Morgan fingerprint density at radius 3 is 1.42 bits per heavy atom. The van der Waals surface area contributed by atoms with Gasteiger partial charge in [-0.1, -0.05) is 12.1 Å². The fraction of sp³-hybridized carbons (Fsp3) is 0.200. The number of aromatic nitrogens is 4. The summed E-state index contributed by atoms with van der Waals surface area (Å²) < 4.78 is 0. The van der Waals surface area contributed by atoms with Crippen LogP contribution in [0, 0.1) is 27.7 Å². The molecule has 0 aliphatic heterocycles. The zero-order chi connectivity index (χ0) is 16.8. The average Bonchev–Trinajstić information content (AvgIpc) is 3.06. The second-order valence-corrected chi connectivity index (χ2v) is 6.43. The van der Waals surface area contributed by atoms with Gasteiger partial charge in [-0.3, -0.25) is 0 Å². The van der Waals surface area contributed by atoms with E-state index in [-0.39, 0.29) is 0 Å². The van der Waals surface area contributed by atoms with Crippen LogP contribution in [-0.4, -0.2) is 19.9 Å². The summed E-state index contributed by atoms with van der Waals surface area (Å²) in [4.78, 5) is 16.8. The predicted octanol–water partition coefficient (Wildman–Crippen LogP) is 4.85. The molecule has 3 aromatic heterocycles. The van der Waals surface area contributed by atoms with E-state index in [0.29, 0.717) is 0 Å². The minimum atomic E-state index is 0.893. The number of hydrogen-bond donors (Lipinski definition) is 2. The third-order valence-corrected chi connectivity index (χ3v) is 4.34. The van der Waals surface area contributed by atoms with Gasteiger partial charge in [0, 0.05) is 11.4 Å². The maximum Gasteiger partial charge on any atom is 0.115 e. The van der Waals surface area contributed by atoms with Gasteiger partial charge in [-0.15, -0.1) is 0 Å². The van der Waals surface area contributed by atoms with Gasteiger partial charge in [0.1, 0.15) is 11.4 Å². The minimum Gasteiger partial charge on any atom is -0.357 e. The Hall–Kier alpha value is -2.88. The van der Waals surface area contributed by atoms with Gasteiger partial charge in [0.25, 0.3) is 0 Å². The smallest absolute Gasteiger partial charge is 0.115 e. The Labute approximate surface area is 141 Å². The summed E-state index contributed by atoms with van der Waals surface area (Å²) in [6, 6.07) is 12.3. The number of nitrogens with zero attached hydrogens (tertiary/aromatic N) is 2. The zero-order valence-corrected chi connectivity index (χ0v) is 14.4. The lowest BCUT2D eigenvalue weighted by Gasteiger charge is -2.10. The monoisotopic (exact) mass is 316 g/mol. The molecule has 4 rings (SSSR count). The van der Waals surface area contributed by atoms with E-state index in [1.54, 1.807) is 0 Å². The van der Waals surface area contributed by atoms with Crippen molar-refractivity contribution in [2.45, 2.75) is 27.7 Å². The zero-order valence-electron chi connectivity index (χ0n) is 14.4. The molecule has 0 fully saturated rings. The molecule has 0 spiro atoms. The first kappa shape index (κ1) is 14.7. The van der Waals surface area contributed by atoms with Crippen LogP contribution >= 0.6 is 0 Å². The molecule has 120 valence electrons. The van der Waals surface area contributed by atoms with E-state index in [1.807, 2.05) is 24.3 Å². The molecule has 0 atom stereocenters. The van der Waals surface area contributed by atoms with E-state index in [2.05, 4.69) is 49.8 Å². The van der Waals surface area contributed by atoms with E-state index in [4.69, 9.17) is 9.97 Å². The molecular weight excluding hydrogens is 296 g/mol. The minimum absolute atomic E-state index is 0.893. The van der Waals surface area contributed by atoms with Crippen molar-refractivity contribution in [2.24, 2.45) is 0 Å². The highest BCUT2D eigenvalue weighted by Gasteiger charge is 2.18. The number of nitrogens with one attached hydrogen (secondary N) is 2. The van der Waals surface area contributed by atoms with Crippen molar-refractivity contribution < 1.29 is 0 Å². The van der Waals surface area contributed by atoms with Gasteiger partial charge in [0.15, 0.2) is 0 Å². The molecule has 4 aromatic rings. The molecule has 0 aliphatic carbocycles. The number of aromatic amines is 2. The van der Waals surface area contributed by atoms with Crippen molar-refractivity contribution in [1.82, 2.24) is 19.9 Å². The van der Waals surface area contributed by atoms with Crippen molar-refractivity contribution in [3.05, 3.63) is 58.9 Å². The van der Waals surface area contributed by atoms with Crippen molar-refractivity contribution in [3.8, 4) is 22.8 Å². The maximum atomic E-state index is 4.93.